The van der Waals surface area contributed by atoms with E-state index >= 15 is 4.39 Å². The standard InChI is InChI=1S/C33H35FN2O6/c1-20(2)31-30(33(42)35-26-14-8-9-15-27(26)39)29(21-10-4-3-5-11-21)32(24-12-6-7-13-25(24)34)36(31)17-16-22(37)18-23(38)19-28(40)41/h3-15,20,22-23,37-39H,16-19H2,1-2H3,(H,35,42)(H,40,41). The second kappa shape index (κ2) is 13.5. The highest BCUT2D eigenvalue weighted by Crippen LogP contribution is 2.43. The molecule has 8 nitrogen and oxygen atoms in total. The van der Waals surface area contributed by atoms with Crippen molar-refractivity contribution in [1.29, 1.82) is 0 Å². The molecule has 3 aromatic carbocycles. The Labute approximate surface area is 243 Å². The molecule has 42 heavy (non-hydrogen) atoms. The molecule has 1 amide bonds. The van der Waals surface area contributed by atoms with Gasteiger partial charge in [0.05, 0.1) is 35.6 Å². The van der Waals surface area contributed by atoms with Crippen LogP contribution < -0.4 is 5.32 Å². The maximum Gasteiger partial charge on any atom is 0.305 e. The number of nitrogens with zero attached hydrogens (tertiary/aromatic N) is 1. The first-order chi connectivity index (χ1) is 20.1. The fourth-order valence-electron chi connectivity index (χ4n) is 5.28. The number of aromatic nitrogens is 1. The van der Waals surface area contributed by atoms with E-state index in [9.17, 15) is 24.9 Å². The lowest BCUT2D eigenvalue weighted by atomic mass is 9.94. The first kappa shape index (κ1) is 30.5. The van der Waals surface area contributed by atoms with E-state index in [-0.39, 0.29) is 42.3 Å². The molecule has 0 fully saturated rings. The molecule has 9 heteroatoms. The van der Waals surface area contributed by atoms with Crippen molar-refractivity contribution >= 4 is 17.6 Å². The number of nitrogens with one attached hydrogen (secondary N) is 1. The maximum atomic E-state index is 15.5. The van der Waals surface area contributed by atoms with E-state index < -0.39 is 36.3 Å². The number of hydrogen-bond donors (Lipinski definition) is 5. The SMILES string of the molecule is CC(C)c1c(C(=O)Nc2ccccc2O)c(-c2ccccc2)c(-c2ccccc2F)n1CCC(O)CC(O)CC(=O)O. The van der Waals surface area contributed by atoms with Crippen molar-refractivity contribution in [2.24, 2.45) is 0 Å². The van der Waals surface area contributed by atoms with Gasteiger partial charge in [-0.05, 0) is 48.6 Å². The summed E-state index contributed by atoms with van der Waals surface area (Å²) in [5.74, 6) is -2.49. The summed E-state index contributed by atoms with van der Waals surface area (Å²) in [6, 6.07) is 21.8. The Bertz CT molecular complexity index is 1550. The number of phenols is 1. The molecule has 1 aromatic heterocycles. The van der Waals surface area contributed by atoms with Crippen LogP contribution in [0.15, 0.2) is 78.9 Å². The Morgan fingerprint density at radius 1 is 0.905 bits per heavy atom. The third-order valence-electron chi connectivity index (χ3n) is 7.06. The van der Waals surface area contributed by atoms with Crippen LogP contribution >= 0.6 is 0 Å². The average molecular weight is 575 g/mol. The van der Waals surface area contributed by atoms with E-state index in [4.69, 9.17) is 5.11 Å². The monoisotopic (exact) mass is 574 g/mol. The number of anilines is 1. The number of carboxylic acid groups (broad SMARTS) is 1. The van der Waals surface area contributed by atoms with Gasteiger partial charge in [-0.25, -0.2) is 4.39 Å². The zero-order chi connectivity index (χ0) is 30.4. The fraction of sp³-hybridized carbons (Fsp3) is 0.273. The number of carboxylic acids is 1. The van der Waals surface area contributed by atoms with Crippen LogP contribution in [0.3, 0.4) is 0 Å². The predicted octanol–water partition coefficient (Wildman–Crippen LogP) is 6.02. The zero-order valence-corrected chi connectivity index (χ0v) is 23.5. The summed E-state index contributed by atoms with van der Waals surface area (Å²) in [5, 5.41) is 42.9. The first-order valence-electron chi connectivity index (χ1n) is 13.8. The topological polar surface area (TPSA) is 132 Å². The Morgan fingerprint density at radius 3 is 2.19 bits per heavy atom. The molecule has 0 saturated carbocycles. The number of halogens is 1. The van der Waals surface area contributed by atoms with Gasteiger partial charge in [-0.2, -0.15) is 0 Å². The third-order valence-corrected chi connectivity index (χ3v) is 7.06. The van der Waals surface area contributed by atoms with Crippen LogP contribution in [0.1, 0.15) is 55.1 Å². The van der Waals surface area contributed by atoms with E-state index in [0.29, 0.717) is 28.1 Å². The molecular weight excluding hydrogens is 539 g/mol. The van der Waals surface area contributed by atoms with Crippen LogP contribution in [0.2, 0.25) is 0 Å². The minimum absolute atomic E-state index is 0.102. The molecule has 1 heterocycles. The van der Waals surface area contributed by atoms with Gasteiger partial charge in [-0.15, -0.1) is 0 Å². The van der Waals surface area contributed by atoms with Crippen molar-refractivity contribution in [2.45, 2.75) is 57.8 Å². The van der Waals surface area contributed by atoms with Crippen LogP contribution in [0.25, 0.3) is 22.4 Å². The molecule has 0 bridgehead atoms. The number of carbonyl (C=O) groups is 2. The smallest absolute Gasteiger partial charge is 0.305 e. The molecule has 0 spiro atoms. The van der Waals surface area contributed by atoms with Gasteiger partial charge in [0.15, 0.2) is 0 Å². The van der Waals surface area contributed by atoms with E-state index in [1.165, 1.54) is 12.1 Å². The summed E-state index contributed by atoms with van der Waals surface area (Å²) >= 11 is 0. The number of aliphatic hydroxyl groups excluding tert-OH is 2. The Kier molecular flexibility index (Phi) is 9.77. The molecule has 220 valence electrons. The average Bonchev–Trinajstić information content (AvgIpc) is 3.28. The molecule has 5 N–H and O–H groups in total. The van der Waals surface area contributed by atoms with Crippen LogP contribution in [0.4, 0.5) is 10.1 Å². The lowest BCUT2D eigenvalue weighted by Gasteiger charge is -2.20. The van der Waals surface area contributed by atoms with Crippen molar-refractivity contribution in [1.82, 2.24) is 4.57 Å². The molecule has 2 unspecified atom stereocenters. The van der Waals surface area contributed by atoms with Gasteiger partial charge in [0.1, 0.15) is 11.6 Å². The van der Waals surface area contributed by atoms with Gasteiger partial charge in [-0.3, -0.25) is 9.59 Å². The summed E-state index contributed by atoms with van der Waals surface area (Å²) in [6.07, 6.45) is -2.80. The first-order valence-corrected chi connectivity index (χ1v) is 13.8. The van der Waals surface area contributed by atoms with Gasteiger partial charge >= 0.3 is 5.97 Å². The molecule has 0 aliphatic heterocycles. The predicted molar refractivity (Wildman–Crippen MR) is 159 cm³/mol. The van der Waals surface area contributed by atoms with Crippen LogP contribution in [-0.4, -0.2) is 49.1 Å². The summed E-state index contributed by atoms with van der Waals surface area (Å²) in [6.45, 7) is 3.98. The van der Waals surface area contributed by atoms with Crippen LogP contribution in [0, 0.1) is 5.82 Å². The number of benzene rings is 3. The van der Waals surface area contributed by atoms with Crippen molar-refractivity contribution in [3.8, 4) is 28.1 Å². The molecule has 4 aromatic rings. The Morgan fingerprint density at radius 2 is 1.55 bits per heavy atom. The molecule has 0 aliphatic carbocycles. The molecule has 0 radical (unpaired) electrons. The van der Waals surface area contributed by atoms with Gasteiger partial charge < -0.3 is 30.3 Å². The largest absolute Gasteiger partial charge is 0.506 e. The summed E-state index contributed by atoms with van der Waals surface area (Å²) in [4.78, 5) is 25.1. The lowest BCUT2D eigenvalue weighted by molar-refractivity contribution is -0.139. The normalized spacial score (nSPS) is 12.7. The Balaban J connectivity index is 1.92. The molecule has 0 saturated heterocycles. The van der Waals surface area contributed by atoms with Gasteiger partial charge in [0.25, 0.3) is 5.91 Å². The second-order valence-electron chi connectivity index (χ2n) is 10.5. The highest BCUT2D eigenvalue weighted by molar-refractivity contribution is 6.13. The number of para-hydroxylation sites is 2. The lowest BCUT2D eigenvalue weighted by Crippen LogP contribution is -2.22. The highest BCUT2D eigenvalue weighted by atomic mass is 19.1. The number of amides is 1. The fourth-order valence-corrected chi connectivity index (χ4v) is 5.28. The molecule has 2 atom stereocenters. The van der Waals surface area contributed by atoms with E-state index in [1.807, 2.05) is 48.7 Å². The summed E-state index contributed by atoms with van der Waals surface area (Å²) in [5.41, 5.74) is 3.01. The molecular formula is C33H35FN2O6. The van der Waals surface area contributed by atoms with Gasteiger partial charge in [0.2, 0.25) is 0 Å². The van der Waals surface area contributed by atoms with Crippen LogP contribution in [-0.2, 0) is 11.3 Å². The number of aliphatic hydroxyl groups is 2. The zero-order valence-electron chi connectivity index (χ0n) is 23.5. The van der Waals surface area contributed by atoms with E-state index in [2.05, 4.69) is 5.32 Å². The van der Waals surface area contributed by atoms with E-state index in [1.54, 1.807) is 36.4 Å². The van der Waals surface area contributed by atoms with Crippen molar-refractivity contribution in [3.63, 3.8) is 0 Å². The molecule has 0 aliphatic rings. The number of carbonyl (C=O) groups excluding carboxylic acids is 1. The number of aliphatic carboxylic acids is 1. The third kappa shape index (κ3) is 6.87. The van der Waals surface area contributed by atoms with Crippen molar-refractivity contribution < 1.29 is 34.4 Å². The van der Waals surface area contributed by atoms with E-state index in [0.717, 1.165) is 0 Å². The second-order valence-corrected chi connectivity index (χ2v) is 10.5. The van der Waals surface area contributed by atoms with Crippen LogP contribution in [0.5, 0.6) is 5.75 Å². The van der Waals surface area contributed by atoms with Gasteiger partial charge in [0, 0.05) is 23.4 Å². The minimum Gasteiger partial charge on any atom is -0.506 e. The summed E-state index contributed by atoms with van der Waals surface area (Å²) in [7, 11) is 0. The maximum absolute atomic E-state index is 15.5. The summed E-state index contributed by atoms with van der Waals surface area (Å²) < 4.78 is 17.3. The van der Waals surface area contributed by atoms with Gasteiger partial charge in [-0.1, -0.05) is 68.4 Å². The number of aromatic hydroxyl groups is 1. The van der Waals surface area contributed by atoms with Crippen molar-refractivity contribution in [3.05, 3.63) is 95.9 Å². The number of phenolic OH excluding ortho intramolecular Hbond substituents is 1. The van der Waals surface area contributed by atoms with Crippen molar-refractivity contribution in [2.75, 3.05) is 5.32 Å². The number of hydrogen-bond acceptors (Lipinski definition) is 5. The Hall–Kier alpha value is -4.47. The number of rotatable bonds is 12. The quantitative estimate of drug-likeness (QED) is 0.132. The minimum atomic E-state index is -1.22. The highest BCUT2D eigenvalue weighted by Gasteiger charge is 2.32. The molecule has 4 rings (SSSR count).